The molecule has 0 atom stereocenters. The lowest BCUT2D eigenvalue weighted by Crippen LogP contribution is -2.39. The Labute approximate surface area is 165 Å². The van der Waals surface area contributed by atoms with Gasteiger partial charge in [-0.1, -0.05) is 12.1 Å². The lowest BCUT2D eigenvalue weighted by molar-refractivity contribution is 0.320. The molecule has 1 heterocycles. The molecular formula is C18H24FIN4O. The van der Waals surface area contributed by atoms with E-state index in [-0.39, 0.29) is 29.8 Å². The van der Waals surface area contributed by atoms with Crippen LogP contribution in [0, 0.1) is 5.82 Å². The summed E-state index contributed by atoms with van der Waals surface area (Å²) in [7, 11) is 0. The second kappa shape index (κ2) is 12.5. The summed E-state index contributed by atoms with van der Waals surface area (Å²) >= 11 is 0. The fourth-order valence-corrected chi connectivity index (χ4v) is 2.10. The van der Waals surface area contributed by atoms with Gasteiger partial charge in [0.25, 0.3) is 0 Å². The van der Waals surface area contributed by atoms with E-state index in [0.29, 0.717) is 26.1 Å². The molecule has 5 nitrogen and oxygen atoms in total. The zero-order valence-electron chi connectivity index (χ0n) is 14.2. The third-order valence-electron chi connectivity index (χ3n) is 3.20. The number of nitrogens with one attached hydrogen (secondary N) is 2. The molecule has 0 spiro atoms. The van der Waals surface area contributed by atoms with E-state index >= 15 is 0 Å². The highest BCUT2D eigenvalue weighted by Gasteiger charge is 1.99. The Bertz CT molecular complexity index is 640. The first kappa shape index (κ1) is 21.1. The first-order valence-electron chi connectivity index (χ1n) is 8.07. The van der Waals surface area contributed by atoms with Crippen molar-refractivity contribution in [2.45, 2.75) is 13.3 Å². The fraction of sp³-hybridized carbons (Fsp3) is 0.333. The molecule has 7 heteroatoms. The number of ether oxygens (including phenoxy) is 1. The average Bonchev–Trinajstić information content (AvgIpc) is 2.59. The Morgan fingerprint density at radius 3 is 2.84 bits per heavy atom. The largest absolute Gasteiger partial charge is 0.490 e. The Hall–Kier alpha value is -1.90. The summed E-state index contributed by atoms with van der Waals surface area (Å²) in [6, 6.07) is 10.3. The molecule has 2 N–H and O–H groups in total. The Kier molecular flexibility index (Phi) is 10.5. The molecule has 0 saturated heterocycles. The lowest BCUT2D eigenvalue weighted by atomic mass is 10.1. The van der Waals surface area contributed by atoms with Crippen LogP contribution in [-0.2, 0) is 6.42 Å². The zero-order valence-corrected chi connectivity index (χ0v) is 16.6. The van der Waals surface area contributed by atoms with Gasteiger partial charge in [0.2, 0.25) is 0 Å². The quantitative estimate of drug-likeness (QED) is 0.277. The molecule has 136 valence electrons. The van der Waals surface area contributed by atoms with Crippen LogP contribution < -0.4 is 15.4 Å². The number of aliphatic imine (C=N–C) groups is 1. The molecule has 2 aromatic rings. The molecule has 0 aliphatic heterocycles. The van der Waals surface area contributed by atoms with Crippen molar-refractivity contribution in [3.8, 4) is 5.75 Å². The topological polar surface area (TPSA) is 58.5 Å². The van der Waals surface area contributed by atoms with E-state index in [2.05, 4.69) is 20.6 Å². The Balaban J connectivity index is 0.00000312. The minimum absolute atomic E-state index is 0. The van der Waals surface area contributed by atoms with Crippen molar-refractivity contribution in [1.82, 2.24) is 15.6 Å². The van der Waals surface area contributed by atoms with Crippen molar-refractivity contribution in [2.24, 2.45) is 4.99 Å². The number of nitrogens with zero attached hydrogens (tertiary/aromatic N) is 2. The van der Waals surface area contributed by atoms with Gasteiger partial charge in [-0.25, -0.2) is 4.39 Å². The zero-order chi connectivity index (χ0) is 17.0. The van der Waals surface area contributed by atoms with Crippen molar-refractivity contribution in [2.75, 3.05) is 26.2 Å². The molecule has 1 aromatic carbocycles. The van der Waals surface area contributed by atoms with Crippen LogP contribution >= 0.6 is 24.0 Å². The first-order valence-corrected chi connectivity index (χ1v) is 8.07. The summed E-state index contributed by atoms with van der Waals surface area (Å²) in [6.45, 7) is 4.51. The molecule has 0 unspecified atom stereocenters. The summed E-state index contributed by atoms with van der Waals surface area (Å²) < 4.78 is 18.7. The number of benzene rings is 1. The summed E-state index contributed by atoms with van der Waals surface area (Å²) in [5, 5.41) is 6.38. The monoisotopic (exact) mass is 458 g/mol. The van der Waals surface area contributed by atoms with Gasteiger partial charge in [0.15, 0.2) is 5.96 Å². The van der Waals surface area contributed by atoms with Gasteiger partial charge >= 0.3 is 0 Å². The second-order valence-electron chi connectivity index (χ2n) is 5.10. The minimum Gasteiger partial charge on any atom is -0.490 e. The van der Waals surface area contributed by atoms with Crippen LogP contribution in [0.25, 0.3) is 0 Å². The molecule has 0 bridgehead atoms. The number of hydrogen-bond donors (Lipinski definition) is 2. The van der Waals surface area contributed by atoms with Crippen LogP contribution in [0.2, 0.25) is 0 Å². The van der Waals surface area contributed by atoms with Gasteiger partial charge in [-0.2, -0.15) is 0 Å². The van der Waals surface area contributed by atoms with Gasteiger partial charge < -0.3 is 15.4 Å². The summed E-state index contributed by atoms with van der Waals surface area (Å²) in [4.78, 5) is 8.48. The molecule has 0 fully saturated rings. The average molecular weight is 458 g/mol. The predicted octanol–water partition coefficient (Wildman–Crippen LogP) is 3.02. The van der Waals surface area contributed by atoms with Gasteiger partial charge in [0, 0.05) is 19.3 Å². The summed E-state index contributed by atoms with van der Waals surface area (Å²) in [6.07, 6.45) is 4.08. The highest BCUT2D eigenvalue weighted by Crippen LogP contribution is 2.05. The minimum atomic E-state index is -0.214. The molecule has 2 rings (SSSR count). The smallest absolute Gasteiger partial charge is 0.191 e. The summed E-state index contributed by atoms with van der Waals surface area (Å²) in [5.74, 6) is 1.25. The van der Waals surface area contributed by atoms with E-state index in [4.69, 9.17) is 4.74 Å². The molecule has 25 heavy (non-hydrogen) atoms. The number of rotatable bonds is 8. The molecule has 0 saturated carbocycles. The maximum Gasteiger partial charge on any atom is 0.191 e. The van der Waals surface area contributed by atoms with Crippen molar-refractivity contribution in [3.05, 3.63) is 60.2 Å². The highest BCUT2D eigenvalue weighted by atomic mass is 127. The first-order chi connectivity index (χ1) is 11.8. The van der Waals surface area contributed by atoms with Crippen molar-refractivity contribution < 1.29 is 9.13 Å². The van der Waals surface area contributed by atoms with E-state index in [1.807, 2.05) is 25.1 Å². The fourth-order valence-electron chi connectivity index (χ4n) is 2.10. The van der Waals surface area contributed by atoms with Crippen molar-refractivity contribution >= 4 is 29.9 Å². The van der Waals surface area contributed by atoms with E-state index in [0.717, 1.165) is 23.8 Å². The molecular weight excluding hydrogens is 434 g/mol. The SMILES string of the molecule is CCNC(=NCCc1cccc(F)c1)NCCOc1cccnc1.I. The third kappa shape index (κ3) is 8.67. The van der Waals surface area contributed by atoms with Gasteiger partial charge in [-0.15, -0.1) is 24.0 Å². The molecule has 0 aliphatic carbocycles. The molecule has 0 aliphatic rings. The van der Waals surface area contributed by atoms with Crippen LogP contribution in [0.4, 0.5) is 4.39 Å². The highest BCUT2D eigenvalue weighted by molar-refractivity contribution is 14.0. The van der Waals surface area contributed by atoms with Crippen molar-refractivity contribution in [3.63, 3.8) is 0 Å². The van der Waals surface area contributed by atoms with E-state index in [1.54, 1.807) is 18.5 Å². The molecule has 0 radical (unpaired) electrons. The van der Waals surface area contributed by atoms with E-state index < -0.39 is 0 Å². The van der Waals surface area contributed by atoms with Crippen molar-refractivity contribution in [1.29, 1.82) is 0 Å². The maximum absolute atomic E-state index is 13.1. The van der Waals surface area contributed by atoms with E-state index in [1.165, 1.54) is 12.1 Å². The van der Waals surface area contributed by atoms with E-state index in [9.17, 15) is 4.39 Å². The van der Waals surface area contributed by atoms with Gasteiger partial charge in [0.05, 0.1) is 12.7 Å². The van der Waals surface area contributed by atoms with Crippen LogP contribution in [0.5, 0.6) is 5.75 Å². The summed E-state index contributed by atoms with van der Waals surface area (Å²) in [5.41, 5.74) is 0.939. The van der Waals surface area contributed by atoms with Gasteiger partial charge in [-0.3, -0.25) is 9.98 Å². The number of guanidine groups is 1. The Morgan fingerprint density at radius 2 is 2.12 bits per heavy atom. The van der Waals surface area contributed by atoms with Crippen LogP contribution in [0.3, 0.4) is 0 Å². The number of hydrogen-bond acceptors (Lipinski definition) is 3. The molecule has 0 amide bonds. The van der Waals surface area contributed by atoms with Gasteiger partial charge in [0.1, 0.15) is 18.2 Å². The van der Waals surface area contributed by atoms with Gasteiger partial charge in [-0.05, 0) is 43.2 Å². The number of pyridine rings is 1. The molecule has 1 aromatic heterocycles. The predicted molar refractivity (Wildman–Crippen MR) is 109 cm³/mol. The third-order valence-corrected chi connectivity index (χ3v) is 3.20. The lowest BCUT2D eigenvalue weighted by Gasteiger charge is -2.12. The van der Waals surface area contributed by atoms with Crippen LogP contribution in [0.15, 0.2) is 53.8 Å². The van der Waals surface area contributed by atoms with Crippen LogP contribution in [0.1, 0.15) is 12.5 Å². The maximum atomic E-state index is 13.1. The standard InChI is InChI=1S/C18H23FN4O.HI/c1-2-21-18(22-10-8-15-5-3-6-16(19)13-15)23-11-12-24-17-7-4-9-20-14-17;/h3-7,9,13-14H,2,8,10-12H2,1H3,(H2,21,22,23);1H. The number of halogens is 2. The van der Waals surface area contributed by atoms with Crippen LogP contribution in [-0.4, -0.2) is 37.2 Å². The normalized spacial score (nSPS) is 10.7. The second-order valence-corrected chi connectivity index (χ2v) is 5.10. The number of aromatic nitrogens is 1. The Morgan fingerprint density at radius 1 is 1.24 bits per heavy atom.